The number of ether oxygens (including phenoxy) is 1. The second-order valence-electron chi connectivity index (χ2n) is 4.93. The fourth-order valence-electron chi connectivity index (χ4n) is 2.43. The summed E-state index contributed by atoms with van der Waals surface area (Å²) in [6.07, 6.45) is 0.648. The predicted octanol–water partition coefficient (Wildman–Crippen LogP) is -1.52. The molecule has 2 saturated heterocycles. The summed E-state index contributed by atoms with van der Waals surface area (Å²) in [6, 6.07) is -0.633. The molecule has 0 aliphatic carbocycles. The van der Waals surface area contributed by atoms with Crippen LogP contribution in [-0.4, -0.2) is 62.0 Å². The first-order valence-corrected chi connectivity index (χ1v) is 6.40. The number of hydrogen-bond donors (Lipinski definition) is 2. The molecule has 2 aliphatic rings. The molecule has 0 spiro atoms. The maximum Gasteiger partial charge on any atom is 0.251 e. The molecule has 0 aromatic carbocycles. The maximum atomic E-state index is 12.1. The third-order valence-electron chi connectivity index (χ3n) is 3.75. The predicted molar refractivity (Wildman–Crippen MR) is 66.1 cm³/mol. The lowest BCUT2D eigenvalue weighted by molar-refractivity contribution is -0.149. The van der Waals surface area contributed by atoms with E-state index in [0.717, 1.165) is 4.90 Å². The van der Waals surface area contributed by atoms with Crippen LogP contribution in [0.4, 0.5) is 0 Å². The van der Waals surface area contributed by atoms with Gasteiger partial charge in [0.05, 0.1) is 19.1 Å². The molecule has 2 rings (SSSR count). The van der Waals surface area contributed by atoms with Gasteiger partial charge in [0, 0.05) is 19.5 Å². The van der Waals surface area contributed by atoms with Gasteiger partial charge < -0.3 is 15.4 Å². The summed E-state index contributed by atoms with van der Waals surface area (Å²) in [4.78, 5) is 36.4. The van der Waals surface area contributed by atoms with E-state index >= 15 is 0 Å². The van der Waals surface area contributed by atoms with Crippen molar-refractivity contribution >= 4 is 17.7 Å². The number of nitrogens with zero attached hydrogens (tertiary/aromatic N) is 1. The molecular formula is C12H19N3O4. The Morgan fingerprint density at radius 2 is 2.11 bits per heavy atom. The van der Waals surface area contributed by atoms with E-state index in [-0.39, 0.29) is 36.1 Å². The van der Waals surface area contributed by atoms with Crippen molar-refractivity contribution in [3.05, 3.63) is 0 Å². The van der Waals surface area contributed by atoms with E-state index in [1.165, 1.54) is 7.05 Å². The summed E-state index contributed by atoms with van der Waals surface area (Å²) in [5, 5.41) is 5.75. The lowest BCUT2D eigenvalue weighted by Crippen LogP contribution is -2.55. The molecule has 0 radical (unpaired) electrons. The fourth-order valence-corrected chi connectivity index (χ4v) is 2.43. The van der Waals surface area contributed by atoms with Crippen LogP contribution in [0.15, 0.2) is 0 Å². The van der Waals surface area contributed by atoms with Crippen LogP contribution in [-0.2, 0) is 19.1 Å². The molecule has 0 bridgehead atoms. The molecule has 0 aromatic rings. The molecule has 3 unspecified atom stereocenters. The van der Waals surface area contributed by atoms with Gasteiger partial charge in [0.15, 0.2) is 0 Å². The van der Waals surface area contributed by atoms with E-state index in [9.17, 15) is 14.4 Å². The number of likely N-dealkylation sites (tertiary alicyclic amines) is 1. The van der Waals surface area contributed by atoms with E-state index in [4.69, 9.17) is 4.74 Å². The van der Waals surface area contributed by atoms with Crippen LogP contribution in [0.3, 0.4) is 0 Å². The van der Waals surface area contributed by atoms with Crippen LogP contribution < -0.4 is 10.6 Å². The van der Waals surface area contributed by atoms with Crippen molar-refractivity contribution in [1.82, 2.24) is 15.5 Å². The molecule has 0 saturated carbocycles. The zero-order valence-electron chi connectivity index (χ0n) is 11.1. The summed E-state index contributed by atoms with van der Waals surface area (Å²) < 4.78 is 5.26. The molecule has 2 aliphatic heterocycles. The second kappa shape index (κ2) is 5.66. The Labute approximate surface area is 111 Å². The summed E-state index contributed by atoms with van der Waals surface area (Å²) in [5.41, 5.74) is 0. The standard InChI is InChI=1S/C12H19N3O4/c1-13-9-6-19-5-7(9)11(17)14-8-3-4-10(16)15(2)12(8)18/h7-9,13H,3-6H2,1-2H3,(H,14,17). The highest BCUT2D eigenvalue weighted by molar-refractivity contribution is 6.01. The minimum Gasteiger partial charge on any atom is -0.379 e. The highest BCUT2D eigenvalue weighted by Crippen LogP contribution is 2.16. The number of nitrogens with one attached hydrogen (secondary N) is 2. The van der Waals surface area contributed by atoms with Gasteiger partial charge in [0.25, 0.3) is 5.91 Å². The molecule has 3 amide bonds. The first-order chi connectivity index (χ1) is 9.04. The van der Waals surface area contributed by atoms with Crippen LogP contribution in [0.5, 0.6) is 0 Å². The Morgan fingerprint density at radius 1 is 1.37 bits per heavy atom. The number of hydrogen-bond acceptors (Lipinski definition) is 5. The Balaban J connectivity index is 1.95. The van der Waals surface area contributed by atoms with Gasteiger partial charge in [0.1, 0.15) is 6.04 Å². The second-order valence-corrected chi connectivity index (χ2v) is 4.93. The molecule has 106 valence electrons. The van der Waals surface area contributed by atoms with Crippen LogP contribution in [0.1, 0.15) is 12.8 Å². The van der Waals surface area contributed by atoms with E-state index in [0.29, 0.717) is 19.6 Å². The van der Waals surface area contributed by atoms with Crippen LogP contribution in [0, 0.1) is 5.92 Å². The highest BCUT2D eigenvalue weighted by Gasteiger charge is 2.37. The fraction of sp³-hybridized carbons (Fsp3) is 0.750. The molecular weight excluding hydrogens is 250 g/mol. The Morgan fingerprint density at radius 3 is 2.79 bits per heavy atom. The van der Waals surface area contributed by atoms with E-state index in [1.807, 2.05) is 0 Å². The minimum absolute atomic E-state index is 0.0296. The molecule has 2 N–H and O–H groups in total. The zero-order valence-corrected chi connectivity index (χ0v) is 11.1. The quantitative estimate of drug-likeness (QED) is 0.608. The molecule has 19 heavy (non-hydrogen) atoms. The number of carbonyl (C=O) groups excluding carboxylic acids is 3. The van der Waals surface area contributed by atoms with Crippen molar-refractivity contribution in [3.8, 4) is 0 Å². The summed E-state index contributed by atoms with van der Waals surface area (Å²) in [6.45, 7) is 0.846. The molecule has 3 atom stereocenters. The van der Waals surface area contributed by atoms with E-state index in [1.54, 1.807) is 7.05 Å². The van der Waals surface area contributed by atoms with Gasteiger partial charge in [-0.15, -0.1) is 0 Å². The monoisotopic (exact) mass is 269 g/mol. The Hall–Kier alpha value is -1.47. The van der Waals surface area contributed by atoms with Gasteiger partial charge in [-0.3, -0.25) is 19.3 Å². The van der Waals surface area contributed by atoms with Crippen LogP contribution >= 0.6 is 0 Å². The van der Waals surface area contributed by atoms with Gasteiger partial charge >= 0.3 is 0 Å². The van der Waals surface area contributed by atoms with Crippen LogP contribution in [0.2, 0.25) is 0 Å². The van der Waals surface area contributed by atoms with E-state index in [2.05, 4.69) is 10.6 Å². The SMILES string of the molecule is CNC1COCC1C(=O)NC1CCC(=O)N(C)C1=O. The first kappa shape index (κ1) is 14.0. The normalized spacial score (nSPS) is 31.7. The topological polar surface area (TPSA) is 87.7 Å². The zero-order chi connectivity index (χ0) is 14.0. The number of imide groups is 1. The number of likely N-dealkylation sites (N-methyl/N-ethyl adjacent to an activating group) is 2. The van der Waals surface area contributed by atoms with Crippen molar-refractivity contribution in [2.75, 3.05) is 27.3 Å². The van der Waals surface area contributed by atoms with Gasteiger partial charge in [-0.05, 0) is 13.5 Å². The molecule has 2 heterocycles. The number of carbonyl (C=O) groups is 3. The third-order valence-corrected chi connectivity index (χ3v) is 3.75. The van der Waals surface area contributed by atoms with Gasteiger partial charge in [-0.1, -0.05) is 0 Å². The summed E-state index contributed by atoms with van der Waals surface area (Å²) in [7, 11) is 3.22. The largest absolute Gasteiger partial charge is 0.379 e. The van der Waals surface area contributed by atoms with Crippen molar-refractivity contribution in [1.29, 1.82) is 0 Å². The van der Waals surface area contributed by atoms with E-state index < -0.39 is 6.04 Å². The summed E-state index contributed by atoms with van der Waals surface area (Å²) in [5.74, 6) is -1.03. The third kappa shape index (κ3) is 2.76. The van der Waals surface area contributed by atoms with Crippen LogP contribution in [0.25, 0.3) is 0 Å². The lowest BCUT2D eigenvalue weighted by atomic mass is 10.00. The number of amides is 3. The van der Waals surface area contributed by atoms with Crippen molar-refractivity contribution in [2.45, 2.75) is 24.9 Å². The molecule has 7 heteroatoms. The Kier molecular flexibility index (Phi) is 4.16. The van der Waals surface area contributed by atoms with Gasteiger partial charge in [0.2, 0.25) is 11.8 Å². The van der Waals surface area contributed by atoms with Gasteiger partial charge in [-0.2, -0.15) is 0 Å². The van der Waals surface area contributed by atoms with Gasteiger partial charge in [-0.25, -0.2) is 0 Å². The van der Waals surface area contributed by atoms with Crippen molar-refractivity contribution < 1.29 is 19.1 Å². The van der Waals surface area contributed by atoms with Crippen molar-refractivity contribution in [2.24, 2.45) is 5.92 Å². The minimum atomic E-state index is -0.603. The maximum absolute atomic E-state index is 12.1. The first-order valence-electron chi connectivity index (χ1n) is 6.40. The lowest BCUT2D eigenvalue weighted by Gasteiger charge is -2.29. The number of rotatable bonds is 3. The smallest absolute Gasteiger partial charge is 0.251 e. The number of piperidine rings is 1. The molecule has 7 nitrogen and oxygen atoms in total. The van der Waals surface area contributed by atoms with Crippen molar-refractivity contribution in [3.63, 3.8) is 0 Å². The molecule has 2 fully saturated rings. The highest BCUT2D eigenvalue weighted by atomic mass is 16.5. The average Bonchev–Trinajstić information content (AvgIpc) is 2.88. The summed E-state index contributed by atoms with van der Waals surface area (Å²) >= 11 is 0. The molecule has 0 aromatic heterocycles. The Bertz CT molecular complexity index is 398. The average molecular weight is 269 g/mol.